The Balaban J connectivity index is 1.95. The van der Waals surface area contributed by atoms with E-state index in [0.29, 0.717) is 0 Å². The first-order valence-electron chi connectivity index (χ1n) is 7.24. The summed E-state index contributed by atoms with van der Waals surface area (Å²) < 4.78 is 0. The van der Waals surface area contributed by atoms with E-state index in [1.54, 1.807) is 0 Å². The molecule has 0 spiro atoms. The van der Waals surface area contributed by atoms with E-state index in [1.807, 2.05) is 0 Å². The van der Waals surface area contributed by atoms with Crippen molar-refractivity contribution in [3.8, 4) is 0 Å². The largest absolute Gasteiger partial charge is 0.248 e. The Morgan fingerprint density at radius 2 is 1.52 bits per heavy atom. The number of fused-ring (bicyclic) bond motifs is 1. The summed E-state index contributed by atoms with van der Waals surface area (Å²) in [6.45, 7) is 6.36. The Labute approximate surface area is 126 Å². The molecule has 21 heavy (non-hydrogen) atoms. The Bertz CT molecular complexity index is 828. The van der Waals surface area contributed by atoms with Crippen molar-refractivity contribution in [3.63, 3.8) is 0 Å². The van der Waals surface area contributed by atoms with Gasteiger partial charge in [0.05, 0.1) is 11.2 Å². The second-order valence-electron chi connectivity index (χ2n) is 5.63. The van der Waals surface area contributed by atoms with Gasteiger partial charge in [-0.15, -0.1) is 0 Å². The molecule has 0 bridgehead atoms. The summed E-state index contributed by atoms with van der Waals surface area (Å²) in [5.41, 5.74) is 7.12. The fourth-order valence-corrected chi connectivity index (χ4v) is 2.47. The summed E-state index contributed by atoms with van der Waals surface area (Å²) >= 11 is 0. The number of aromatic nitrogens is 1. The highest BCUT2D eigenvalue weighted by atomic mass is 14.7. The zero-order chi connectivity index (χ0) is 14.8. The number of pyridine rings is 1. The SMILES string of the molecule is Cc1ccc(C)c(/C=C/c2ccc3cc(C)ccc3n2)c1. The number of hydrogen-bond donors (Lipinski definition) is 0. The van der Waals surface area contributed by atoms with Gasteiger partial charge < -0.3 is 0 Å². The lowest BCUT2D eigenvalue weighted by molar-refractivity contribution is 1.36. The number of hydrogen-bond acceptors (Lipinski definition) is 1. The molecule has 0 atom stereocenters. The lowest BCUT2D eigenvalue weighted by atomic mass is 10.0. The molecule has 0 amide bonds. The van der Waals surface area contributed by atoms with Crippen molar-refractivity contribution in [2.75, 3.05) is 0 Å². The van der Waals surface area contributed by atoms with Gasteiger partial charge in [0.15, 0.2) is 0 Å². The second-order valence-corrected chi connectivity index (χ2v) is 5.63. The Morgan fingerprint density at radius 3 is 2.38 bits per heavy atom. The highest BCUT2D eigenvalue weighted by Crippen LogP contribution is 2.17. The molecule has 1 aromatic heterocycles. The fraction of sp³-hybridized carbons (Fsp3) is 0.150. The smallest absolute Gasteiger partial charge is 0.0709 e. The quantitative estimate of drug-likeness (QED) is 0.615. The van der Waals surface area contributed by atoms with Crippen LogP contribution >= 0.6 is 0 Å². The first-order valence-corrected chi connectivity index (χ1v) is 7.24. The van der Waals surface area contributed by atoms with Gasteiger partial charge in [-0.05, 0) is 56.2 Å². The van der Waals surface area contributed by atoms with Crippen molar-refractivity contribution in [1.82, 2.24) is 4.98 Å². The van der Waals surface area contributed by atoms with Gasteiger partial charge in [-0.2, -0.15) is 0 Å². The maximum absolute atomic E-state index is 4.70. The minimum atomic E-state index is 0.993. The number of nitrogens with zero attached hydrogens (tertiary/aromatic N) is 1. The molecule has 1 heteroatoms. The van der Waals surface area contributed by atoms with Crippen LogP contribution in [0.2, 0.25) is 0 Å². The number of benzene rings is 2. The van der Waals surface area contributed by atoms with Crippen LogP contribution < -0.4 is 0 Å². The number of aryl methyl sites for hydroxylation is 3. The lowest BCUT2D eigenvalue weighted by Gasteiger charge is -2.03. The van der Waals surface area contributed by atoms with E-state index >= 15 is 0 Å². The summed E-state index contributed by atoms with van der Waals surface area (Å²) in [6.07, 6.45) is 4.23. The molecular formula is C20H19N. The minimum Gasteiger partial charge on any atom is -0.248 e. The van der Waals surface area contributed by atoms with E-state index in [4.69, 9.17) is 4.98 Å². The van der Waals surface area contributed by atoms with Gasteiger partial charge in [-0.1, -0.05) is 47.5 Å². The second kappa shape index (κ2) is 5.53. The van der Waals surface area contributed by atoms with Gasteiger partial charge in [0.2, 0.25) is 0 Å². The number of rotatable bonds is 2. The minimum absolute atomic E-state index is 0.993. The molecule has 0 fully saturated rings. The molecule has 2 aromatic carbocycles. The topological polar surface area (TPSA) is 12.9 Å². The van der Waals surface area contributed by atoms with Crippen LogP contribution in [0.1, 0.15) is 27.9 Å². The Kier molecular flexibility index (Phi) is 3.57. The zero-order valence-electron chi connectivity index (χ0n) is 12.7. The van der Waals surface area contributed by atoms with Gasteiger partial charge >= 0.3 is 0 Å². The average Bonchev–Trinajstić information content (AvgIpc) is 2.48. The van der Waals surface area contributed by atoms with Gasteiger partial charge in [-0.3, -0.25) is 0 Å². The summed E-state index contributed by atoms with van der Waals surface area (Å²) in [6, 6.07) is 17.1. The van der Waals surface area contributed by atoms with Crippen LogP contribution in [0.4, 0.5) is 0 Å². The van der Waals surface area contributed by atoms with E-state index < -0.39 is 0 Å². The van der Waals surface area contributed by atoms with Gasteiger partial charge in [0.1, 0.15) is 0 Å². The van der Waals surface area contributed by atoms with Crippen molar-refractivity contribution in [2.45, 2.75) is 20.8 Å². The molecule has 104 valence electrons. The van der Waals surface area contributed by atoms with Gasteiger partial charge in [-0.25, -0.2) is 4.98 Å². The van der Waals surface area contributed by atoms with Crippen LogP contribution in [-0.2, 0) is 0 Å². The maximum atomic E-state index is 4.70. The summed E-state index contributed by atoms with van der Waals surface area (Å²) in [5.74, 6) is 0. The molecule has 0 saturated carbocycles. The molecule has 0 unspecified atom stereocenters. The van der Waals surface area contributed by atoms with Crippen LogP contribution in [0.15, 0.2) is 48.5 Å². The molecule has 0 saturated heterocycles. The van der Waals surface area contributed by atoms with Crippen molar-refractivity contribution in [3.05, 3.63) is 76.5 Å². The van der Waals surface area contributed by atoms with E-state index in [9.17, 15) is 0 Å². The van der Waals surface area contributed by atoms with E-state index in [-0.39, 0.29) is 0 Å². The van der Waals surface area contributed by atoms with Gasteiger partial charge in [0.25, 0.3) is 0 Å². The normalized spacial score (nSPS) is 11.4. The predicted octanol–water partition coefficient (Wildman–Crippen LogP) is 5.33. The standard InChI is InChI=1S/C20H19N/c1-14-4-6-16(3)17(12-14)7-9-19-10-8-18-13-15(2)5-11-20(18)21-19/h4-13H,1-3H3/b9-7+. The molecule has 0 aliphatic carbocycles. The zero-order valence-corrected chi connectivity index (χ0v) is 12.7. The van der Waals surface area contributed by atoms with E-state index in [0.717, 1.165) is 11.2 Å². The summed E-state index contributed by atoms with van der Waals surface area (Å²) in [7, 11) is 0. The van der Waals surface area contributed by atoms with E-state index in [1.165, 1.54) is 27.6 Å². The molecule has 3 rings (SSSR count). The summed E-state index contributed by atoms with van der Waals surface area (Å²) in [4.78, 5) is 4.70. The van der Waals surface area contributed by atoms with E-state index in [2.05, 4.69) is 81.5 Å². The molecule has 1 heterocycles. The van der Waals surface area contributed by atoms with Gasteiger partial charge in [0, 0.05) is 5.39 Å². The first-order chi connectivity index (χ1) is 10.1. The molecule has 3 aromatic rings. The molecular weight excluding hydrogens is 254 g/mol. The maximum Gasteiger partial charge on any atom is 0.0709 e. The van der Waals surface area contributed by atoms with Crippen LogP contribution in [-0.4, -0.2) is 4.98 Å². The fourth-order valence-electron chi connectivity index (χ4n) is 2.47. The first kappa shape index (κ1) is 13.6. The molecule has 0 radical (unpaired) electrons. The third kappa shape index (κ3) is 3.03. The Hall–Kier alpha value is -2.41. The monoisotopic (exact) mass is 273 g/mol. The van der Waals surface area contributed by atoms with Crippen LogP contribution in [0.3, 0.4) is 0 Å². The third-order valence-electron chi connectivity index (χ3n) is 3.73. The molecule has 0 aliphatic rings. The average molecular weight is 273 g/mol. The molecule has 1 nitrogen and oxygen atoms in total. The van der Waals surface area contributed by atoms with Crippen molar-refractivity contribution < 1.29 is 0 Å². The molecule has 0 aliphatic heterocycles. The summed E-state index contributed by atoms with van der Waals surface area (Å²) in [5, 5.41) is 1.19. The van der Waals surface area contributed by atoms with Crippen LogP contribution in [0, 0.1) is 20.8 Å². The van der Waals surface area contributed by atoms with Crippen molar-refractivity contribution >= 4 is 23.1 Å². The van der Waals surface area contributed by atoms with Crippen molar-refractivity contribution in [2.24, 2.45) is 0 Å². The third-order valence-corrected chi connectivity index (χ3v) is 3.73. The highest BCUT2D eigenvalue weighted by Gasteiger charge is 1.98. The van der Waals surface area contributed by atoms with Crippen molar-refractivity contribution in [1.29, 1.82) is 0 Å². The predicted molar refractivity (Wildman–Crippen MR) is 91.3 cm³/mol. The van der Waals surface area contributed by atoms with Crippen LogP contribution in [0.25, 0.3) is 23.1 Å². The Morgan fingerprint density at radius 1 is 0.762 bits per heavy atom. The lowest BCUT2D eigenvalue weighted by Crippen LogP contribution is -1.85. The molecule has 0 N–H and O–H groups in total. The highest BCUT2D eigenvalue weighted by molar-refractivity contribution is 5.81. The van der Waals surface area contributed by atoms with Crippen LogP contribution in [0.5, 0.6) is 0 Å².